The molecule has 0 amide bonds. The first-order chi connectivity index (χ1) is 2.27. The summed E-state index contributed by atoms with van der Waals surface area (Å²) in [5.74, 6) is 0. The van der Waals surface area contributed by atoms with E-state index >= 15 is 0 Å². The molecule has 5 heavy (non-hydrogen) atoms. The van der Waals surface area contributed by atoms with Crippen LogP contribution in [0.5, 0.6) is 0 Å². The first-order valence-electron chi connectivity index (χ1n) is 0.752. The molecule has 0 aromatic rings. The lowest BCUT2D eigenvalue weighted by Gasteiger charge is -1.68. The van der Waals surface area contributed by atoms with Gasteiger partial charge in [-0.1, -0.05) is 0 Å². The van der Waals surface area contributed by atoms with Gasteiger partial charge in [0.25, 0.3) is 0 Å². The number of hydrogen-bond donors (Lipinski definition) is 0. The molecule has 0 rings (SSSR count). The zero-order chi connectivity index (χ0) is 4.28. The van der Waals surface area contributed by atoms with Crippen molar-refractivity contribution in [3.05, 3.63) is 0 Å². The Hall–Kier alpha value is 1.10. The summed E-state index contributed by atoms with van der Waals surface area (Å²) < 4.78 is 10.6. The van der Waals surface area contributed by atoms with Gasteiger partial charge in [-0.2, -0.15) is 4.39 Å². The molecule has 0 heterocycles. The highest BCUT2D eigenvalue weighted by Crippen LogP contribution is 2.13. The third kappa shape index (κ3) is 5.10. The van der Waals surface area contributed by atoms with E-state index in [1.165, 1.54) is 0 Å². The van der Waals surface area contributed by atoms with E-state index in [2.05, 4.69) is 12.2 Å². The van der Waals surface area contributed by atoms with Crippen molar-refractivity contribution in [2.75, 3.05) is 0 Å². The van der Waals surface area contributed by atoms with Crippen LogP contribution >= 0.6 is 42.4 Å². The monoisotopic (exact) mass is 222 g/mol. The quantitative estimate of drug-likeness (QED) is 0.350. The number of thiocarbonyl (C=S) groups is 1. The molecule has 0 radical (unpaired) electrons. The summed E-state index contributed by atoms with van der Waals surface area (Å²) in [6, 6.07) is 0. The molecule has 0 N–H and O–H groups in total. The first kappa shape index (κ1) is 6.10. The van der Waals surface area contributed by atoms with E-state index in [0.29, 0.717) is 0 Å². The second-order valence-corrected chi connectivity index (χ2v) is 2.77. The number of hydrogen-bond acceptors (Lipinski definition) is 2. The molecule has 0 aliphatic carbocycles. The summed E-state index contributed by atoms with van der Waals surface area (Å²) in [6.45, 7) is 0. The summed E-state index contributed by atoms with van der Waals surface area (Å²) in [7, 11) is 0.914. The van der Waals surface area contributed by atoms with Crippen LogP contribution in [-0.2, 0) is 0 Å². The van der Waals surface area contributed by atoms with Gasteiger partial charge in [0.1, 0.15) is 0 Å². The molecule has 0 saturated carbocycles. The van der Waals surface area contributed by atoms with Crippen LogP contribution in [0.2, 0.25) is 0 Å². The average Bonchev–Trinajstić information content (AvgIpc) is 1.38. The predicted octanol–water partition coefficient (Wildman–Crippen LogP) is 2.32. The van der Waals surface area contributed by atoms with Gasteiger partial charge in [-0.25, -0.2) is 0 Å². The number of rotatable bonds is 0. The van der Waals surface area contributed by atoms with E-state index in [4.69, 9.17) is 0 Å². The third-order valence-electron chi connectivity index (χ3n) is 0.0607. The third-order valence-corrected chi connectivity index (χ3v) is 2.49. The van der Waals surface area contributed by atoms with Crippen LogP contribution in [-0.4, -0.2) is 4.45 Å². The van der Waals surface area contributed by atoms with Gasteiger partial charge in [0.05, 0.1) is 0 Å². The lowest BCUT2D eigenvalue weighted by molar-refractivity contribution is 0.854. The van der Waals surface area contributed by atoms with Gasteiger partial charge in [0.2, 0.25) is 4.45 Å². The SMILES string of the molecule is FC(=S)SI. The summed E-state index contributed by atoms with van der Waals surface area (Å²) in [4.78, 5) is 0. The van der Waals surface area contributed by atoms with Crippen molar-refractivity contribution in [2.45, 2.75) is 0 Å². The summed E-state index contributed by atoms with van der Waals surface area (Å²) >= 11 is 5.76. The maximum absolute atomic E-state index is 11.1. The zero-order valence-corrected chi connectivity index (χ0v) is 5.86. The molecule has 0 aliphatic rings. The molecule has 0 atom stereocenters. The Morgan fingerprint density at radius 1 is 2.00 bits per heavy atom. The first-order valence-corrected chi connectivity index (χ1v) is 4.52. The zero-order valence-electron chi connectivity index (χ0n) is 2.07. The lowest BCUT2D eigenvalue weighted by Crippen LogP contribution is -1.56. The van der Waals surface area contributed by atoms with Gasteiger partial charge >= 0.3 is 0 Å². The average molecular weight is 222 g/mol. The standard InChI is InChI=1S/CFIS2/c2-1(4)5-3. The van der Waals surface area contributed by atoms with Crippen molar-refractivity contribution in [3.8, 4) is 0 Å². The van der Waals surface area contributed by atoms with Crippen molar-refractivity contribution in [1.82, 2.24) is 0 Å². The largest absolute Gasteiger partial charge is 0.230 e. The van der Waals surface area contributed by atoms with Crippen LogP contribution in [0.1, 0.15) is 0 Å². The van der Waals surface area contributed by atoms with Gasteiger partial charge in [-0.05, 0) is 21.2 Å². The maximum Gasteiger partial charge on any atom is 0.230 e. The molecule has 0 aliphatic heterocycles. The van der Waals surface area contributed by atoms with E-state index in [-0.39, 0.29) is 0 Å². The molecule has 0 nitrogen and oxygen atoms in total. The van der Waals surface area contributed by atoms with Crippen LogP contribution in [0.25, 0.3) is 0 Å². The Kier molecular flexibility index (Phi) is 4.02. The molecular weight excluding hydrogens is 222 g/mol. The van der Waals surface area contributed by atoms with Crippen LogP contribution in [0.15, 0.2) is 0 Å². The topological polar surface area (TPSA) is 0 Å². The highest BCUT2D eigenvalue weighted by atomic mass is 127. The Labute approximate surface area is 51.1 Å². The van der Waals surface area contributed by atoms with Crippen molar-refractivity contribution in [3.63, 3.8) is 0 Å². The van der Waals surface area contributed by atoms with Gasteiger partial charge < -0.3 is 0 Å². The van der Waals surface area contributed by atoms with E-state index in [1.807, 2.05) is 0 Å². The molecule has 0 spiro atoms. The molecule has 0 aromatic heterocycles. The maximum atomic E-state index is 11.1. The van der Waals surface area contributed by atoms with Crippen LogP contribution in [0.3, 0.4) is 0 Å². The fraction of sp³-hybridized carbons (Fsp3) is 0. The fourth-order valence-corrected chi connectivity index (χ4v) is 0. The van der Waals surface area contributed by atoms with Crippen molar-refractivity contribution < 1.29 is 4.39 Å². The highest BCUT2D eigenvalue weighted by Gasteiger charge is 1.80. The van der Waals surface area contributed by atoms with E-state index in [1.54, 1.807) is 21.2 Å². The predicted molar refractivity (Wildman–Crippen MR) is 35.3 cm³/mol. The molecule has 0 fully saturated rings. The van der Waals surface area contributed by atoms with E-state index in [9.17, 15) is 4.39 Å². The van der Waals surface area contributed by atoms with Gasteiger partial charge in [-0.15, -0.1) is 0 Å². The molecular formula is CFIS2. The van der Waals surface area contributed by atoms with Crippen LogP contribution < -0.4 is 0 Å². The van der Waals surface area contributed by atoms with Gasteiger partial charge in [-0.3, -0.25) is 0 Å². The summed E-state index contributed by atoms with van der Waals surface area (Å²) in [6.07, 6.45) is 0. The smallest absolute Gasteiger partial charge is 0.186 e. The second kappa shape index (κ2) is 3.30. The Balaban J connectivity index is 2.85. The van der Waals surface area contributed by atoms with Crippen LogP contribution in [0.4, 0.5) is 4.39 Å². The minimum absolute atomic E-state index is 0.509. The van der Waals surface area contributed by atoms with Crippen molar-refractivity contribution in [1.29, 1.82) is 0 Å². The van der Waals surface area contributed by atoms with Gasteiger partial charge in [0.15, 0.2) is 0 Å². The van der Waals surface area contributed by atoms with Crippen molar-refractivity contribution >= 4 is 46.8 Å². The highest BCUT2D eigenvalue weighted by molar-refractivity contribution is 14.2. The number of halogens is 2. The Morgan fingerprint density at radius 2 is 2.20 bits per heavy atom. The minimum atomic E-state index is -0.509. The molecule has 0 unspecified atom stereocenters. The lowest BCUT2D eigenvalue weighted by atomic mass is 11.8. The fourth-order valence-electron chi connectivity index (χ4n) is 0. The second-order valence-electron chi connectivity index (χ2n) is 0.315. The molecule has 0 aromatic carbocycles. The van der Waals surface area contributed by atoms with E-state index in [0.717, 1.165) is 8.93 Å². The Bertz CT molecular complexity index is 44.9. The normalized spacial score (nSPS) is 7.60. The molecule has 0 saturated heterocycles. The van der Waals surface area contributed by atoms with E-state index < -0.39 is 4.45 Å². The molecule has 30 valence electrons. The molecule has 0 bridgehead atoms. The molecule has 4 heteroatoms. The Morgan fingerprint density at radius 3 is 2.20 bits per heavy atom. The minimum Gasteiger partial charge on any atom is -0.186 e. The van der Waals surface area contributed by atoms with Crippen LogP contribution in [0, 0.1) is 0 Å². The van der Waals surface area contributed by atoms with Crippen molar-refractivity contribution in [2.24, 2.45) is 0 Å². The summed E-state index contributed by atoms with van der Waals surface area (Å²) in [5.41, 5.74) is 0. The van der Waals surface area contributed by atoms with Gasteiger partial charge in [0, 0.05) is 21.2 Å². The summed E-state index contributed by atoms with van der Waals surface area (Å²) in [5, 5.41) is 0.